The van der Waals surface area contributed by atoms with Gasteiger partial charge in [0, 0.05) is 28.2 Å². The molecule has 2 amide bonds. The first kappa shape index (κ1) is 21.7. The van der Waals surface area contributed by atoms with Gasteiger partial charge in [-0.2, -0.15) is 0 Å². The van der Waals surface area contributed by atoms with E-state index in [0.29, 0.717) is 5.56 Å². The van der Waals surface area contributed by atoms with Gasteiger partial charge in [0.25, 0.3) is 5.91 Å². The van der Waals surface area contributed by atoms with Crippen LogP contribution < -0.4 is 10.6 Å². The molecule has 0 bridgehead atoms. The summed E-state index contributed by atoms with van der Waals surface area (Å²) in [6.07, 6.45) is 1.16. The Balaban J connectivity index is 1.61. The molecule has 2 aromatic carbocycles. The fourth-order valence-electron chi connectivity index (χ4n) is 3.02. The fourth-order valence-corrected chi connectivity index (χ4v) is 3.65. The second kappa shape index (κ2) is 9.67. The van der Waals surface area contributed by atoms with Gasteiger partial charge in [-0.1, -0.05) is 31.2 Å². The third-order valence-corrected chi connectivity index (χ3v) is 5.76. The Morgan fingerprint density at radius 1 is 1.10 bits per heavy atom. The number of rotatable bonds is 7. The molecule has 3 aromatic rings. The van der Waals surface area contributed by atoms with Crippen LogP contribution in [0.4, 0.5) is 5.69 Å². The Kier molecular flexibility index (Phi) is 7.00. The summed E-state index contributed by atoms with van der Waals surface area (Å²) in [7, 11) is 0. The summed E-state index contributed by atoms with van der Waals surface area (Å²) >= 11 is 1.62. The number of nitrogens with one attached hydrogen (secondary N) is 2. The highest BCUT2D eigenvalue weighted by molar-refractivity contribution is 7.09. The number of nitrogens with zero attached hydrogens (tertiary/aromatic N) is 1. The van der Waals surface area contributed by atoms with Gasteiger partial charge in [0.15, 0.2) is 0 Å². The number of amides is 2. The molecule has 1 aromatic heterocycles. The van der Waals surface area contributed by atoms with Crippen LogP contribution in [0.2, 0.25) is 0 Å². The van der Waals surface area contributed by atoms with E-state index in [1.807, 2.05) is 57.3 Å². The van der Waals surface area contributed by atoms with Crippen molar-refractivity contribution >= 4 is 28.8 Å². The van der Waals surface area contributed by atoms with Crippen molar-refractivity contribution < 1.29 is 9.59 Å². The number of hydrogen-bond donors (Lipinski definition) is 2. The van der Waals surface area contributed by atoms with Crippen LogP contribution >= 0.6 is 11.3 Å². The smallest absolute Gasteiger partial charge is 0.251 e. The lowest BCUT2D eigenvalue weighted by Crippen LogP contribution is -2.31. The molecule has 0 radical (unpaired) electrons. The Bertz CT molecular complexity index is 1040. The summed E-state index contributed by atoms with van der Waals surface area (Å²) in [6.45, 7) is 7.88. The van der Waals surface area contributed by atoms with Crippen LogP contribution in [0.5, 0.6) is 0 Å². The van der Waals surface area contributed by atoms with Crippen molar-refractivity contribution in [3.05, 3.63) is 69.5 Å². The van der Waals surface area contributed by atoms with E-state index >= 15 is 0 Å². The molecule has 0 fully saturated rings. The highest BCUT2D eigenvalue weighted by atomic mass is 32.1. The third-order valence-electron chi connectivity index (χ3n) is 4.99. The molecule has 3 rings (SSSR count). The number of aryl methyl sites for hydroxylation is 2. The maximum atomic E-state index is 12.5. The zero-order valence-corrected chi connectivity index (χ0v) is 18.6. The Morgan fingerprint density at radius 2 is 1.83 bits per heavy atom. The van der Waals surface area contributed by atoms with Gasteiger partial charge in [0.1, 0.15) is 0 Å². The lowest BCUT2D eigenvalue weighted by atomic mass is 10.1. The molecule has 0 spiro atoms. The van der Waals surface area contributed by atoms with Gasteiger partial charge in [0.05, 0.1) is 17.1 Å². The lowest BCUT2D eigenvalue weighted by molar-refractivity contribution is -0.115. The molecule has 0 aliphatic heterocycles. The Morgan fingerprint density at radius 3 is 2.43 bits per heavy atom. The molecule has 1 heterocycles. The quantitative estimate of drug-likeness (QED) is 0.555. The number of carbonyl (C=O) groups is 2. The largest absolute Gasteiger partial charge is 0.350 e. The third kappa shape index (κ3) is 5.54. The molecular weight excluding hydrogens is 394 g/mol. The highest BCUT2D eigenvalue weighted by Gasteiger charge is 2.12. The zero-order chi connectivity index (χ0) is 21.7. The van der Waals surface area contributed by atoms with Crippen molar-refractivity contribution in [2.24, 2.45) is 0 Å². The van der Waals surface area contributed by atoms with Crippen molar-refractivity contribution in [2.45, 2.75) is 46.6 Å². The highest BCUT2D eigenvalue weighted by Crippen LogP contribution is 2.22. The first-order valence-electron chi connectivity index (χ1n) is 10.1. The van der Waals surface area contributed by atoms with Gasteiger partial charge in [-0.3, -0.25) is 9.59 Å². The first-order valence-corrected chi connectivity index (χ1v) is 11.0. The minimum Gasteiger partial charge on any atom is -0.350 e. The standard InChI is InChI=1S/C24H27N3O2S/c1-5-16(3)25-24(29)20-10-11-21(15(2)12-20)27-23(28)13-18-6-8-19(9-7-18)22-14-30-17(4)26-22/h6-12,14,16H,5,13H2,1-4H3,(H,25,29)(H,27,28). The summed E-state index contributed by atoms with van der Waals surface area (Å²) < 4.78 is 0. The first-order chi connectivity index (χ1) is 14.4. The second-order valence-corrected chi connectivity index (χ2v) is 8.55. The molecule has 156 valence electrons. The van der Waals surface area contributed by atoms with Gasteiger partial charge in [-0.25, -0.2) is 4.98 Å². The van der Waals surface area contributed by atoms with Crippen molar-refractivity contribution in [3.8, 4) is 11.3 Å². The van der Waals surface area contributed by atoms with E-state index < -0.39 is 0 Å². The number of anilines is 1. The molecular formula is C24H27N3O2S. The number of aromatic nitrogens is 1. The van der Waals surface area contributed by atoms with Crippen LogP contribution in [0, 0.1) is 13.8 Å². The van der Waals surface area contributed by atoms with E-state index in [9.17, 15) is 9.59 Å². The monoisotopic (exact) mass is 421 g/mol. The van der Waals surface area contributed by atoms with Gasteiger partial charge < -0.3 is 10.6 Å². The second-order valence-electron chi connectivity index (χ2n) is 7.49. The van der Waals surface area contributed by atoms with Crippen LogP contribution in [0.1, 0.15) is 46.8 Å². The normalized spacial score (nSPS) is 11.7. The average Bonchev–Trinajstić information content (AvgIpc) is 3.16. The molecule has 0 saturated heterocycles. The minimum absolute atomic E-state index is 0.0906. The summed E-state index contributed by atoms with van der Waals surface area (Å²) in [5, 5.41) is 8.97. The summed E-state index contributed by atoms with van der Waals surface area (Å²) in [4.78, 5) is 29.3. The van der Waals surface area contributed by atoms with Gasteiger partial charge in [-0.05, 0) is 56.5 Å². The summed E-state index contributed by atoms with van der Waals surface area (Å²) in [5.41, 5.74) is 5.11. The molecule has 0 aliphatic carbocycles. The van der Waals surface area contributed by atoms with Crippen LogP contribution in [-0.2, 0) is 11.2 Å². The molecule has 0 aliphatic rings. The van der Waals surface area contributed by atoms with E-state index in [0.717, 1.165) is 39.5 Å². The topological polar surface area (TPSA) is 71.1 Å². The Hall–Kier alpha value is -2.99. The molecule has 5 nitrogen and oxygen atoms in total. The van der Waals surface area contributed by atoms with Gasteiger partial charge in [-0.15, -0.1) is 11.3 Å². The van der Waals surface area contributed by atoms with Crippen molar-refractivity contribution in [1.82, 2.24) is 10.3 Å². The predicted molar refractivity (Wildman–Crippen MR) is 123 cm³/mol. The number of carbonyl (C=O) groups excluding carboxylic acids is 2. The summed E-state index contributed by atoms with van der Waals surface area (Å²) in [6, 6.07) is 13.4. The molecule has 30 heavy (non-hydrogen) atoms. The van der Waals surface area contributed by atoms with E-state index in [1.54, 1.807) is 29.5 Å². The zero-order valence-electron chi connectivity index (χ0n) is 17.8. The average molecular weight is 422 g/mol. The van der Waals surface area contributed by atoms with Crippen LogP contribution in [0.15, 0.2) is 47.8 Å². The lowest BCUT2D eigenvalue weighted by Gasteiger charge is -2.13. The fraction of sp³-hybridized carbons (Fsp3) is 0.292. The molecule has 0 saturated carbocycles. The van der Waals surface area contributed by atoms with Crippen molar-refractivity contribution in [2.75, 3.05) is 5.32 Å². The number of benzene rings is 2. The van der Waals surface area contributed by atoms with Crippen molar-refractivity contribution in [1.29, 1.82) is 0 Å². The Labute approximate surface area is 181 Å². The SMILES string of the molecule is CCC(C)NC(=O)c1ccc(NC(=O)Cc2ccc(-c3csc(C)n3)cc2)c(C)c1. The van der Waals surface area contributed by atoms with Crippen LogP contribution in [-0.4, -0.2) is 22.8 Å². The molecule has 2 N–H and O–H groups in total. The van der Waals surface area contributed by atoms with Crippen molar-refractivity contribution in [3.63, 3.8) is 0 Å². The molecule has 6 heteroatoms. The minimum atomic E-state index is -0.0966. The molecule has 1 atom stereocenters. The molecule has 1 unspecified atom stereocenters. The van der Waals surface area contributed by atoms with Crippen LogP contribution in [0.3, 0.4) is 0 Å². The maximum absolute atomic E-state index is 12.5. The van der Waals surface area contributed by atoms with E-state index in [-0.39, 0.29) is 24.3 Å². The predicted octanol–water partition coefficient (Wildman–Crippen LogP) is 5.14. The maximum Gasteiger partial charge on any atom is 0.251 e. The van der Waals surface area contributed by atoms with Crippen LogP contribution in [0.25, 0.3) is 11.3 Å². The number of thiazole rings is 1. The van der Waals surface area contributed by atoms with Gasteiger partial charge >= 0.3 is 0 Å². The van der Waals surface area contributed by atoms with E-state index in [4.69, 9.17) is 0 Å². The summed E-state index contributed by atoms with van der Waals surface area (Å²) in [5.74, 6) is -0.187. The van der Waals surface area contributed by atoms with Gasteiger partial charge in [0.2, 0.25) is 5.91 Å². The number of hydrogen-bond acceptors (Lipinski definition) is 4. The van der Waals surface area contributed by atoms with E-state index in [1.165, 1.54) is 0 Å². The van der Waals surface area contributed by atoms with E-state index in [2.05, 4.69) is 15.6 Å².